The summed E-state index contributed by atoms with van der Waals surface area (Å²) in [5, 5.41) is 0. The summed E-state index contributed by atoms with van der Waals surface area (Å²) >= 11 is 3.54. The lowest BCUT2D eigenvalue weighted by Gasteiger charge is -2.13. The van der Waals surface area contributed by atoms with E-state index < -0.39 is 0 Å². The number of hydrogen-bond donors (Lipinski definition) is 0. The first-order valence-electron chi connectivity index (χ1n) is 6.60. The van der Waals surface area contributed by atoms with Gasteiger partial charge < -0.3 is 9.64 Å². The lowest BCUT2D eigenvalue weighted by atomic mass is 10.2. The van der Waals surface area contributed by atoms with Gasteiger partial charge in [-0.3, -0.25) is 4.40 Å². The summed E-state index contributed by atoms with van der Waals surface area (Å²) in [6, 6.07) is 12.0. The molecule has 0 atom stereocenters. The number of pyridine rings is 1. The molecular weight excluding hydrogens is 330 g/mol. The monoisotopic (exact) mass is 345 g/mol. The number of nitrogens with zero attached hydrogens (tertiary/aromatic N) is 3. The molecule has 0 unspecified atom stereocenters. The van der Waals surface area contributed by atoms with Crippen LogP contribution in [-0.4, -0.2) is 30.6 Å². The Morgan fingerprint density at radius 3 is 2.62 bits per heavy atom. The topological polar surface area (TPSA) is 29.8 Å². The number of benzene rings is 1. The SMILES string of the molecule is COc1ccccc1-c1nc(Br)c2ccc(N(C)C)cn12. The summed E-state index contributed by atoms with van der Waals surface area (Å²) in [4.78, 5) is 6.72. The maximum absolute atomic E-state index is 5.46. The average Bonchev–Trinajstić information content (AvgIpc) is 2.83. The number of halogens is 1. The minimum atomic E-state index is 0.812. The van der Waals surface area contributed by atoms with E-state index in [4.69, 9.17) is 4.74 Å². The third-order valence-electron chi connectivity index (χ3n) is 3.44. The smallest absolute Gasteiger partial charge is 0.149 e. The first-order chi connectivity index (χ1) is 10.1. The van der Waals surface area contributed by atoms with Crippen molar-refractivity contribution >= 4 is 27.1 Å². The zero-order chi connectivity index (χ0) is 15.0. The van der Waals surface area contributed by atoms with E-state index >= 15 is 0 Å². The number of hydrogen-bond acceptors (Lipinski definition) is 3. The van der Waals surface area contributed by atoms with E-state index in [2.05, 4.69) is 48.5 Å². The van der Waals surface area contributed by atoms with Crippen LogP contribution < -0.4 is 9.64 Å². The molecule has 3 rings (SSSR count). The van der Waals surface area contributed by atoms with Gasteiger partial charge in [0.25, 0.3) is 0 Å². The van der Waals surface area contributed by atoms with Crippen LogP contribution >= 0.6 is 15.9 Å². The highest BCUT2D eigenvalue weighted by Crippen LogP contribution is 2.33. The minimum Gasteiger partial charge on any atom is -0.496 e. The average molecular weight is 346 g/mol. The second-order valence-corrected chi connectivity index (χ2v) is 5.71. The van der Waals surface area contributed by atoms with E-state index in [1.807, 2.05) is 38.4 Å². The van der Waals surface area contributed by atoms with Crippen LogP contribution in [0.1, 0.15) is 0 Å². The van der Waals surface area contributed by atoms with Gasteiger partial charge in [-0.2, -0.15) is 0 Å². The fourth-order valence-corrected chi connectivity index (χ4v) is 2.81. The molecule has 0 aliphatic carbocycles. The summed E-state index contributed by atoms with van der Waals surface area (Å²) in [5.41, 5.74) is 3.11. The van der Waals surface area contributed by atoms with Crippen molar-refractivity contribution in [2.75, 3.05) is 26.1 Å². The molecule has 2 heterocycles. The molecule has 0 aliphatic heterocycles. The summed E-state index contributed by atoms with van der Waals surface area (Å²) < 4.78 is 8.36. The molecule has 21 heavy (non-hydrogen) atoms. The summed E-state index contributed by atoms with van der Waals surface area (Å²) in [7, 11) is 5.72. The van der Waals surface area contributed by atoms with Crippen LogP contribution in [0.15, 0.2) is 47.2 Å². The second-order valence-electron chi connectivity index (χ2n) is 4.96. The number of fused-ring (bicyclic) bond motifs is 1. The van der Waals surface area contributed by atoms with Gasteiger partial charge in [-0.15, -0.1) is 0 Å². The highest BCUT2D eigenvalue weighted by Gasteiger charge is 2.15. The van der Waals surface area contributed by atoms with E-state index in [9.17, 15) is 0 Å². The molecule has 5 heteroatoms. The molecule has 0 amide bonds. The molecular formula is C16H16BrN3O. The van der Waals surface area contributed by atoms with Crippen LogP contribution in [0, 0.1) is 0 Å². The van der Waals surface area contributed by atoms with Crippen LogP contribution in [0.4, 0.5) is 5.69 Å². The molecule has 1 aromatic carbocycles. The number of methoxy groups -OCH3 is 1. The van der Waals surface area contributed by atoms with Crippen LogP contribution in [0.2, 0.25) is 0 Å². The number of anilines is 1. The lowest BCUT2D eigenvalue weighted by molar-refractivity contribution is 0.416. The molecule has 0 fully saturated rings. The van der Waals surface area contributed by atoms with E-state index in [0.29, 0.717) is 0 Å². The molecule has 108 valence electrons. The molecule has 3 aromatic rings. The first-order valence-corrected chi connectivity index (χ1v) is 7.39. The zero-order valence-electron chi connectivity index (χ0n) is 12.2. The largest absolute Gasteiger partial charge is 0.496 e. The molecule has 0 saturated heterocycles. The van der Waals surface area contributed by atoms with E-state index in [1.54, 1.807) is 7.11 Å². The van der Waals surface area contributed by atoms with E-state index in [0.717, 1.165) is 32.9 Å². The van der Waals surface area contributed by atoms with Gasteiger partial charge in [-0.05, 0) is 40.2 Å². The van der Waals surface area contributed by atoms with Gasteiger partial charge in [-0.1, -0.05) is 12.1 Å². The van der Waals surface area contributed by atoms with Crippen molar-refractivity contribution in [1.29, 1.82) is 0 Å². The molecule has 0 bridgehead atoms. The molecule has 0 radical (unpaired) electrons. The molecule has 2 aromatic heterocycles. The van der Waals surface area contributed by atoms with E-state index in [1.165, 1.54) is 0 Å². The summed E-state index contributed by atoms with van der Waals surface area (Å²) in [5.74, 6) is 1.67. The molecule has 0 spiro atoms. The molecule has 0 saturated carbocycles. The zero-order valence-corrected chi connectivity index (χ0v) is 13.8. The fourth-order valence-electron chi connectivity index (χ4n) is 2.32. The second kappa shape index (κ2) is 5.41. The Bertz CT molecular complexity index is 795. The van der Waals surface area contributed by atoms with Crippen molar-refractivity contribution in [1.82, 2.24) is 9.38 Å². The number of aromatic nitrogens is 2. The Morgan fingerprint density at radius 2 is 1.90 bits per heavy atom. The third-order valence-corrected chi connectivity index (χ3v) is 4.02. The fraction of sp³-hybridized carbons (Fsp3) is 0.188. The third kappa shape index (κ3) is 2.38. The van der Waals surface area contributed by atoms with Crippen molar-refractivity contribution in [3.05, 3.63) is 47.2 Å². The normalized spacial score (nSPS) is 10.9. The Kier molecular flexibility index (Phi) is 3.59. The molecule has 4 nitrogen and oxygen atoms in total. The maximum Gasteiger partial charge on any atom is 0.149 e. The summed E-state index contributed by atoms with van der Waals surface area (Å²) in [6.07, 6.45) is 2.08. The number of ether oxygens (including phenoxy) is 1. The Balaban J connectivity index is 2.29. The van der Waals surface area contributed by atoms with Crippen LogP contribution in [-0.2, 0) is 0 Å². The van der Waals surface area contributed by atoms with Crippen LogP contribution in [0.3, 0.4) is 0 Å². The predicted molar refractivity (Wildman–Crippen MR) is 89.2 cm³/mol. The van der Waals surface area contributed by atoms with Crippen molar-refractivity contribution in [3.8, 4) is 17.1 Å². The molecule has 0 aliphatic rings. The van der Waals surface area contributed by atoms with Gasteiger partial charge in [0, 0.05) is 20.3 Å². The lowest BCUT2D eigenvalue weighted by Crippen LogP contribution is -2.09. The standard InChI is InChI=1S/C16H16BrN3O/c1-19(2)11-8-9-13-15(17)18-16(20(13)10-11)12-6-4-5-7-14(12)21-3/h4-10H,1-3H3. The van der Waals surface area contributed by atoms with E-state index in [-0.39, 0.29) is 0 Å². The van der Waals surface area contributed by atoms with Crippen molar-refractivity contribution in [2.24, 2.45) is 0 Å². The Morgan fingerprint density at radius 1 is 1.14 bits per heavy atom. The van der Waals surface area contributed by atoms with Gasteiger partial charge in [0.05, 0.1) is 23.9 Å². The summed E-state index contributed by atoms with van der Waals surface area (Å²) in [6.45, 7) is 0. The highest BCUT2D eigenvalue weighted by molar-refractivity contribution is 9.10. The molecule has 0 N–H and O–H groups in total. The first kappa shape index (κ1) is 13.9. The number of rotatable bonds is 3. The van der Waals surface area contributed by atoms with Gasteiger partial charge in [0.2, 0.25) is 0 Å². The predicted octanol–water partition coefficient (Wildman–Crippen LogP) is 3.84. The van der Waals surface area contributed by atoms with Gasteiger partial charge in [-0.25, -0.2) is 4.98 Å². The number of para-hydroxylation sites is 1. The Labute approximate surface area is 132 Å². The van der Waals surface area contributed by atoms with Crippen LogP contribution in [0.25, 0.3) is 16.9 Å². The maximum atomic E-state index is 5.46. The van der Waals surface area contributed by atoms with Crippen molar-refractivity contribution < 1.29 is 4.74 Å². The highest BCUT2D eigenvalue weighted by atomic mass is 79.9. The van der Waals surface area contributed by atoms with Gasteiger partial charge in [0.15, 0.2) is 0 Å². The van der Waals surface area contributed by atoms with Gasteiger partial charge in [0.1, 0.15) is 16.2 Å². The minimum absolute atomic E-state index is 0.812. The quantitative estimate of drug-likeness (QED) is 0.722. The van der Waals surface area contributed by atoms with Crippen LogP contribution in [0.5, 0.6) is 5.75 Å². The Hall–Kier alpha value is -2.01. The number of imidazole rings is 1. The van der Waals surface area contributed by atoms with Crippen molar-refractivity contribution in [2.45, 2.75) is 0 Å². The van der Waals surface area contributed by atoms with Crippen molar-refractivity contribution in [3.63, 3.8) is 0 Å². The van der Waals surface area contributed by atoms with Gasteiger partial charge >= 0.3 is 0 Å².